The second-order valence-corrected chi connectivity index (χ2v) is 5.33. The smallest absolute Gasteiger partial charge is 0.259 e. The van der Waals surface area contributed by atoms with Crippen molar-refractivity contribution in [3.05, 3.63) is 71.3 Å². The van der Waals surface area contributed by atoms with Gasteiger partial charge in [0.2, 0.25) is 0 Å². The Labute approximate surface area is 140 Å². The zero-order chi connectivity index (χ0) is 16.5. The standard InChI is InChI=1S/C18H18ClN3O/c1-14(10-11-15-6-3-2-4-7-15)21-22-18(23)13-20-17-9-5-8-16(19)12-17/h2-12,20H,13H2,1H3,(H,22,23)/b11-10+,21-14-. The summed E-state index contributed by atoms with van der Waals surface area (Å²) in [6, 6.07) is 17.1. The maximum atomic E-state index is 11.7. The van der Waals surface area contributed by atoms with Crippen LogP contribution in [0, 0.1) is 0 Å². The third kappa shape index (κ3) is 6.36. The van der Waals surface area contributed by atoms with Crippen molar-refractivity contribution in [3.63, 3.8) is 0 Å². The van der Waals surface area contributed by atoms with Crippen LogP contribution in [0.25, 0.3) is 6.08 Å². The lowest BCUT2D eigenvalue weighted by atomic mass is 10.2. The van der Waals surface area contributed by atoms with Gasteiger partial charge in [-0.15, -0.1) is 0 Å². The van der Waals surface area contributed by atoms with Crippen molar-refractivity contribution in [1.82, 2.24) is 5.43 Å². The molecule has 0 atom stereocenters. The summed E-state index contributed by atoms with van der Waals surface area (Å²) < 4.78 is 0. The second kappa shape index (κ2) is 8.76. The van der Waals surface area contributed by atoms with Crippen LogP contribution in [0.4, 0.5) is 5.69 Å². The largest absolute Gasteiger partial charge is 0.376 e. The van der Waals surface area contributed by atoms with E-state index in [0.29, 0.717) is 10.7 Å². The van der Waals surface area contributed by atoms with E-state index in [9.17, 15) is 4.79 Å². The Morgan fingerprint density at radius 2 is 1.96 bits per heavy atom. The summed E-state index contributed by atoms with van der Waals surface area (Å²) in [5.41, 5.74) is 5.09. The van der Waals surface area contributed by atoms with Crippen LogP contribution in [0.1, 0.15) is 12.5 Å². The van der Waals surface area contributed by atoms with E-state index in [-0.39, 0.29) is 12.5 Å². The molecule has 2 aromatic carbocycles. The van der Waals surface area contributed by atoms with Crippen molar-refractivity contribution in [2.75, 3.05) is 11.9 Å². The number of amides is 1. The molecule has 2 rings (SSSR count). The molecule has 118 valence electrons. The minimum Gasteiger partial charge on any atom is -0.376 e. The van der Waals surface area contributed by atoms with Crippen LogP contribution in [-0.4, -0.2) is 18.2 Å². The highest BCUT2D eigenvalue weighted by atomic mass is 35.5. The van der Waals surface area contributed by atoms with Crippen molar-refractivity contribution < 1.29 is 4.79 Å². The Hall–Kier alpha value is -2.59. The van der Waals surface area contributed by atoms with Gasteiger partial charge >= 0.3 is 0 Å². The predicted octanol–water partition coefficient (Wildman–Crippen LogP) is 3.96. The molecule has 0 bridgehead atoms. The molecule has 4 nitrogen and oxygen atoms in total. The maximum Gasteiger partial charge on any atom is 0.259 e. The Morgan fingerprint density at radius 1 is 1.17 bits per heavy atom. The van der Waals surface area contributed by atoms with Gasteiger partial charge in [0.1, 0.15) is 0 Å². The molecule has 0 aromatic heterocycles. The minimum atomic E-state index is -0.225. The fourth-order valence-corrected chi connectivity index (χ4v) is 1.98. The van der Waals surface area contributed by atoms with Crippen LogP contribution in [0.5, 0.6) is 0 Å². The number of benzene rings is 2. The van der Waals surface area contributed by atoms with Crippen LogP contribution < -0.4 is 10.7 Å². The first-order chi connectivity index (χ1) is 11.1. The number of halogens is 1. The number of nitrogens with one attached hydrogen (secondary N) is 2. The molecule has 0 aliphatic heterocycles. The summed E-state index contributed by atoms with van der Waals surface area (Å²) in [7, 11) is 0. The van der Waals surface area contributed by atoms with Crippen molar-refractivity contribution in [3.8, 4) is 0 Å². The molecule has 5 heteroatoms. The molecule has 0 fully saturated rings. The van der Waals surface area contributed by atoms with E-state index < -0.39 is 0 Å². The van der Waals surface area contributed by atoms with E-state index in [1.54, 1.807) is 12.1 Å². The molecule has 0 saturated heterocycles. The van der Waals surface area contributed by atoms with Crippen molar-refractivity contribution in [2.45, 2.75) is 6.92 Å². The van der Waals surface area contributed by atoms with E-state index in [0.717, 1.165) is 11.3 Å². The van der Waals surface area contributed by atoms with E-state index in [2.05, 4.69) is 15.8 Å². The van der Waals surface area contributed by atoms with Crippen LogP contribution >= 0.6 is 11.6 Å². The van der Waals surface area contributed by atoms with Gasteiger partial charge in [0.15, 0.2) is 0 Å². The Morgan fingerprint density at radius 3 is 2.70 bits per heavy atom. The molecule has 0 aliphatic rings. The van der Waals surface area contributed by atoms with E-state index in [1.807, 2.05) is 61.5 Å². The number of hydrogen-bond donors (Lipinski definition) is 2. The number of anilines is 1. The first kappa shape index (κ1) is 16.8. The van der Waals surface area contributed by atoms with Gasteiger partial charge in [-0.3, -0.25) is 4.79 Å². The van der Waals surface area contributed by atoms with E-state index in [4.69, 9.17) is 11.6 Å². The van der Waals surface area contributed by atoms with Crippen LogP contribution in [0.2, 0.25) is 5.02 Å². The molecule has 0 aliphatic carbocycles. The SMILES string of the molecule is CC(/C=C/c1ccccc1)=N/NC(=O)CNc1cccc(Cl)c1. The van der Waals surface area contributed by atoms with Gasteiger partial charge in [0.25, 0.3) is 5.91 Å². The molecule has 2 N–H and O–H groups in total. The van der Waals surface area contributed by atoms with Crippen molar-refractivity contribution in [1.29, 1.82) is 0 Å². The van der Waals surface area contributed by atoms with Gasteiger partial charge in [-0.25, -0.2) is 5.43 Å². The number of hydrogen-bond acceptors (Lipinski definition) is 3. The molecule has 0 heterocycles. The number of carbonyl (C=O) groups is 1. The molecule has 0 unspecified atom stereocenters. The molecule has 0 spiro atoms. The van der Waals surface area contributed by atoms with Crippen molar-refractivity contribution >= 4 is 35.0 Å². The zero-order valence-corrected chi connectivity index (χ0v) is 13.5. The van der Waals surface area contributed by atoms with Gasteiger partial charge in [-0.2, -0.15) is 5.10 Å². The Bertz CT molecular complexity index is 711. The van der Waals surface area contributed by atoms with E-state index in [1.165, 1.54) is 0 Å². The van der Waals surface area contributed by atoms with Crippen LogP contribution in [0.3, 0.4) is 0 Å². The highest BCUT2D eigenvalue weighted by molar-refractivity contribution is 6.30. The molecule has 2 aromatic rings. The van der Waals surface area contributed by atoms with Gasteiger partial charge < -0.3 is 5.32 Å². The van der Waals surface area contributed by atoms with Crippen LogP contribution in [-0.2, 0) is 4.79 Å². The number of carbonyl (C=O) groups excluding carboxylic acids is 1. The normalized spacial score (nSPS) is 11.5. The van der Waals surface area contributed by atoms with Gasteiger partial charge in [-0.1, -0.05) is 54.1 Å². The average Bonchev–Trinajstić information content (AvgIpc) is 2.57. The summed E-state index contributed by atoms with van der Waals surface area (Å²) >= 11 is 5.88. The van der Waals surface area contributed by atoms with Crippen LogP contribution in [0.15, 0.2) is 65.8 Å². The lowest BCUT2D eigenvalue weighted by molar-refractivity contribution is -0.119. The Balaban J connectivity index is 1.79. The molecule has 23 heavy (non-hydrogen) atoms. The molecule has 1 amide bonds. The molecular formula is C18H18ClN3O. The lowest BCUT2D eigenvalue weighted by Crippen LogP contribution is -2.26. The third-order valence-electron chi connectivity index (χ3n) is 2.95. The van der Waals surface area contributed by atoms with Gasteiger partial charge in [0.05, 0.1) is 12.3 Å². The number of hydrazone groups is 1. The summed E-state index contributed by atoms with van der Waals surface area (Å²) in [5, 5.41) is 7.64. The summed E-state index contributed by atoms with van der Waals surface area (Å²) in [6.07, 6.45) is 3.79. The monoisotopic (exact) mass is 327 g/mol. The molecule has 0 radical (unpaired) electrons. The fraction of sp³-hybridized carbons (Fsp3) is 0.111. The first-order valence-corrected chi connectivity index (χ1v) is 7.57. The quantitative estimate of drug-likeness (QED) is 0.623. The topological polar surface area (TPSA) is 53.5 Å². The summed E-state index contributed by atoms with van der Waals surface area (Å²) in [5.74, 6) is -0.225. The van der Waals surface area contributed by atoms with Crippen molar-refractivity contribution in [2.24, 2.45) is 5.10 Å². The Kier molecular flexibility index (Phi) is 6.39. The predicted molar refractivity (Wildman–Crippen MR) is 96.7 cm³/mol. The first-order valence-electron chi connectivity index (χ1n) is 7.19. The molecular weight excluding hydrogens is 310 g/mol. The zero-order valence-electron chi connectivity index (χ0n) is 12.8. The third-order valence-corrected chi connectivity index (χ3v) is 3.19. The number of rotatable bonds is 6. The minimum absolute atomic E-state index is 0.125. The lowest BCUT2D eigenvalue weighted by Gasteiger charge is -2.05. The highest BCUT2D eigenvalue weighted by Crippen LogP contribution is 2.14. The summed E-state index contributed by atoms with van der Waals surface area (Å²) in [4.78, 5) is 11.7. The summed E-state index contributed by atoms with van der Waals surface area (Å²) in [6.45, 7) is 1.95. The highest BCUT2D eigenvalue weighted by Gasteiger charge is 2.00. The number of allylic oxidation sites excluding steroid dienone is 1. The number of nitrogens with zero attached hydrogens (tertiary/aromatic N) is 1. The maximum absolute atomic E-state index is 11.7. The average molecular weight is 328 g/mol. The second-order valence-electron chi connectivity index (χ2n) is 4.90. The molecule has 0 saturated carbocycles. The van der Waals surface area contributed by atoms with Gasteiger partial charge in [-0.05, 0) is 36.8 Å². The fourth-order valence-electron chi connectivity index (χ4n) is 1.79. The van der Waals surface area contributed by atoms with Gasteiger partial charge in [0, 0.05) is 10.7 Å². The van der Waals surface area contributed by atoms with E-state index >= 15 is 0 Å².